The van der Waals surface area contributed by atoms with E-state index < -0.39 is 0 Å². The summed E-state index contributed by atoms with van der Waals surface area (Å²) in [5, 5.41) is 3.87. The minimum atomic E-state index is -0.211. The summed E-state index contributed by atoms with van der Waals surface area (Å²) in [7, 11) is 1.87. The van der Waals surface area contributed by atoms with Crippen molar-refractivity contribution in [2.75, 3.05) is 24.6 Å². The second-order valence-corrected chi connectivity index (χ2v) is 7.92. The minimum Gasteiger partial charge on any atom is -0.397 e. The maximum atomic E-state index is 12.8. The molecular formula is C22H22N4O2. The number of nitrogens with zero attached hydrogens (tertiary/aromatic N) is 2. The topological polar surface area (TPSA) is 80.4 Å². The van der Waals surface area contributed by atoms with Gasteiger partial charge < -0.3 is 20.5 Å². The van der Waals surface area contributed by atoms with Gasteiger partial charge in [0, 0.05) is 24.5 Å². The number of hydrogen-bond acceptors (Lipinski definition) is 3. The molecule has 1 spiro atoms. The van der Waals surface area contributed by atoms with Crippen LogP contribution in [0.4, 0.5) is 11.4 Å². The highest BCUT2D eigenvalue weighted by Gasteiger charge is 2.46. The number of carbonyl (C=O) groups is 2. The predicted molar refractivity (Wildman–Crippen MR) is 110 cm³/mol. The van der Waals surface area contributed by atoms with Gasteiger partial charge in [-0.05, 0) is 49.6 Å². The van der Waals surface area contributed by atoms with Crippen LogP contribution in [0.3, 0.4) is 0 Å². The highest BCUT2D eigenvalue weighted by atomic mass is 16.2. The first-order chi connectivity index (χ1) is 13.5. The number of benzene rings is 2. The molecule has 0 radical (unpaired) electrons. The average molecular weight is 374 g/mol. The zero-order valence-corrected chi connectivity index (χ0v) is 15.7. The van der Waals surface area contributed by atoms with E-state index in [0.717, 1.165) is 36.7 Å². The molecule has 5 rings (SSSR count). The molecule has 2 aliphatic rings. The largest absolute Gasteiger partial charge is 0.397 e. The number of likely N-dealkylation sites (N-methyl/N-ethyl adjacent to an activating group) is 1. The normalized spacial score (nSPS) is 17.5. The molecule has 6 nitrogen and oxygen atoms in total. The maximum absolute atomic E-state index is 12.8. The number of anilines is 2. The lowest BCUT2D eigenvalue weighted by Crippen LogP contribution is -2.55. The first kappa shape index (κ1) is 16.9. The molecule has 28 heavy (non-hydrogen) atoms. The van der Waals surface area contributed by atoms with Gasteiger partial charge >= 0.3 is 0 Å². The maximum Gasteiger partial charge on any atom is 0.270 e. The number of aromatic nitrogens is 1. The van der Waals surface area contributed by atoms with Crippen molar-refractivity contribution < 1.29 is 9.59 Å². The Bertz CT molecular complexity index is 1130. The Morgan fingerprint density at radius 1 is 1.14 bits per heavy atom. The molecule has 1 aliphatic carbocycles. The second kappa shape index (κ2) is 5.86. The molecule has 0 saturated heterocycles. The van der Waals surface area contributed by atoms with Crippen molar-refractivity contribution in [3.05, 3.63) is 59.8 Å². The third kappa shape index (κ3) is 2.34. The van der Waals surface area contributed by atoms with Crippen LogP contribution in [0.2, 0.25) is 0 Å². The van der Waals surface area contributed by atoms with Crippen molar-refractivity contribution in [2.24, 2.45) is 0 Å². The summed E-state index contributed by atoms with van der Waals surface area (Å²) in [6.45, 7) is 0.722. The Kier molecular flexibility index (Phi) is 3.53. The number of carbonyl (C=O) groups excluding carboxylic acids is 2. The van der Waals surface area contributed by atoms with E-state index in [-0.39, 0.29) is 17.4 Å². The standard InChI is InChI=1S/C22H22N4O2/c1-25-13-22(9-4-10-22)26-18-12-15(8-7-14(18)11-19(26)21(25)28)20(27)24-17-6-3-2-5-16(17)23/h2-3,5-8,11-12H,4,9-10,13,23H2,1H3,(H,24,27). The van der Waals surface area contributed by atoms with Crippen molar-refractivity contribution in [2.45, 2.75) is 24.8 Å². The van der Waals surface area contributed by atoms with Gasteiger partial charge in [-0.15, -0.1) is 0 Å². The fourth-order valence-electron chi connectivity index (χ4n) is 4.56. The van der Waals surface area contributed by atoms with E-state index in [1.165, 1.54) is 0 Å². The Balaban J connectivity index is 1.59. The highest BCUT2D eigenvalue weighted by molar-refractivity contribution is 6.08. The molecule has 2 amide bonds. The Morgan fingerprint density at radius 3 is 2.64 bits per heavy atom. The van der Waals surface area contributed by atoms with E-state index in [9.17, 15) is 9.59 Å². The molecular weight excluding hydrogens is 352 g/mol. The van der Waals surface area contributed by atoms with E-state index in [1.54, 1.807) is 18.2 Å². The Morgan fingerprint density at radius 2 is 1.93 bits per heavy atom. The van der Waals surface area contributed by atoms with Crippen LogP contribution < -0.4 is 11.1 Å². The zero-order valence-electron chi connectivity index (χ0n) is 15.7. The van der Waals surface area contributed by atoms with Crippen molar-refractivity contribution >= 4 is 34.1 Å². The van der Waals surface area contributed by atoms with Gasteiger partial charge in [-0.25, -0.2) is 0 Å². The third-order valence-electron chi connectivity index (χ3n) is 6.13. The number of amides is 2. The third-order valence-corrected chi connectivity index (χ3v) is 6.13. The van der Waals surface area contributed by atoms with Crippen LogP contribution in [-0.4, -0.2) is 34.9 Å². The van der Waals surface area contributed by atoms with E-state index in [4.69, 9.17) is 5.73 Å². The van der Waals surface area contributed by atoms with Gasteiger partial charge in [-0.2, -0.15) is 0 Å². The van der Waals surface area contributed by atoms with Gasteiger partial charge in [0.05, 0.1) is 22.4 Å². The molecule has 3 N–H and O–H groups in total. The summed E-state index contributed by atoms with van der Waals surface area (Å²) in [6, 6.07) is 14.8. The smallest absolute Gasteiger partial charge is 0.270 e. The monoisotopic (exact) mass is 374 g/mol. The highest BCUT2D eigenvalue weighted by Crippen LogP contribution is 2.45. The van der Waals surface area contributed by atoms with Crippen molar-refractivity contribution in [1.82, 2.24) is 9.47 Å². The number of nitrogen functional groups attached to an aromatic ring is 1. The molecule has 3 aromatic rings. The lowest BCUT2D eigenvalue weighted by molar-refractivity contribution is 0.0425. The summed E-state index contributed by atoms with van der Waals surface area (Å²) in [5.41, 5.74) is 9.24. The summed E-state index contributed by atoms with van der Waals surface area (Å²) < 4.78 is 2.18. The average Bonchev–Trinajstić information content (AvgIpc) is 3.04. The van der Waals surface area contributed by atoms with Gasteiger partial charge in [0.15, 0.2) is 0 Å². The molecule has 0 unspecified atom stereocenters. The molecule has 0 bridgehead atoms. The SMILES string of the molecule is CN1CC2(CCC2)n2c(cc3ccc(C(=O)Nc4ccccc4N)cc32)C1=O. The van der Waals surface area contributed by atoms with Gasteiger partial charge in [0.1, 0.15) is 5.69 Å². The summed E-state index contributed by atoms with van der Waals surface area (Å²) in [5.74, 6) is -0.172. The predicted octanol–water partition coefficient (Wildman–Crippen LogP) is 3.44. The number of nitrogens with one attached hydrogen (secondary N) is 1. The quantitative estimate of drug-likeness (QED) is 0.674. The first-order valence-corrected chi connectivity index (χ1v) is 9.56. The molecule has 1 aliphatic heterocycles. The Hall–Kier alpha value is -3.28. The van der Waals surface area contributed by atoms with E-state index in [1.807, 2.05) is 42.3 Å². The Labute approximate surface area is 162 Å². The van der Waals surface area contributed by atoms with Crippen molar-refractivity contribution in [3.8, 4) is 0 Å². The molecule has 142 valence electrons. The van der Waals surface area contributed by atoms with Crippen LogP contribution in [0, 0.1) is 0 Å². The minimum absolute atomic E-state index is 0.0387. The summed E-state index contributed by atoms with van der Waals surface area (Å²) >= 11 is 0. The van der Waals surface area contributed by atoms with Crippen LogP contribution in [-0.2, 0) is 5.54 Å². The lowest BCUT2D eigenvalue weighted by atomic mass is 9.74. The lowest BCUT2D eigenvalue weighted by Gasteiger charge is -2.49. The molecule has 1 fully saturated rings. The van der Waals surface area contributed by atoms with Crippen LogP contribution in [0.5, 0.6) is 0 Å². The van der Waals surface area contributed by atoms with Crippen LogP contribution in [0.15, 0.2) is 48.5 Å². The van der Waals surface area contributed by atoms with Gasteiger partial charge in [0.2, 0.25) is 0 Å². The van der Waals surface area contributed by atoms with Crippen LogP contribution >= 0.6 is 0 Å². The number of para-hydroxylation sites is 2. The molecule has 2 heterocycles. The van der Waals surface area contributed by atoms with Gasteiger partial charge in [-0.1, -0.05) is 18.2 Å². The van der Waals surface area contributed by atoms with E-state index >= 15 is 0 Å². The molecule has 1 aromatic heterocycles. The second-order valence-electron chi connectivity index (χ2n) is 7.92. The summed E-state index contributed by atoms with van der Waals surface area (Å²) in [4.78, 5) is 27.4. The zero-order chi connectivity index (χ0) is 19.5. The van der Waals surface area contributed by atoms with Crippen molar-refractivity contribution in [3.63, 3.8) is 0 Å². The van der Waals surface area contributed by atoms with Gasteiger partial charge in [0.25, 0.3) is 11.8 Å². The van der Waals surface area contributed by atoms with E-state index in [0.29, 0.717) is 22.6 Å². The summed E-state index contributed by atoms with van der Waals surface area (Å²) in [6.07, 6.45) is 3.27. The van der Waals surface area contributed by atoms with E-state index in [2.05, 4.69) is 9.88 Å². The molecule has 0 atom stereocenters. The van der Waals surface area contributed by atoms with Gasteiger partial charge in [-0.3, -0.25) is 9.59 Å². The fraction of sp³-hybridized carbons (Fsp3) is 0.273. The van der Waals surface area contributed by atoms with Crippen LogP contribution in [0.1, 0.15) is 40.1 Å². The number of rotatable bonds is 2. The number of nitrogens with two attached hydrogens (primary N) is 1. The van der Waals surface area contributed by atoms with Crippen LogP contribution in [0.25, 0.3) is 10.9 Å². The fourth-order valence-corrected chi connectivity index (χ4v) is 4.56. The van der Waals surface area contributed by atoms with Crippen molar-refractivity contribution in [1.29, 1.82) is 0 Å². The molecule has 1 saturated carbocycles. The molecule has 2 aromatic carbocycles. The number of fused-ring (bicyclic) bond motifs is 4. The number of hydrogen-bond donors (Lipinski definition) is 2. The molecule has 6 heteroatoms. The first-order valence-electron chi connectivity index (χ1n) is 9.56.